The Bertz CT molecular complexity index is 440. The summed E-state index contributed by atoms with van der Waals surface area (Å²) < 4.78 is 11.4. The van der Waals surface area contributed by atoms with Crippen molar-refractivity contribution in [2.45, 2.75) is 79.1 Å². The molecule has 0 aliphatic heterocycles. The van der Waals surface area contributed by atoms with E-state index in [1.807, 2.05) is 13.8 Å². The molecule has 0 aliphatic rings. The van der Waals surface area contributed by atoms with Gasteiger partial charge < -0.3 is 9.47 Å². The molecular formula is C22H40N2O5. The Kier molecular flexibility index (Phi) is 15.1. The van der Waals surface area contributed by atoms with Crippen LogP contribution in [0.5, 0.6) is 0 Å². The molecule has 168 valence electrons. The molecular weight excluding hydrogens is 372 g/mol. The van der Waals surface area contributed by atoms with Crippen LogP contribution in [0.4, 0.5) is 0 Å². The molecule has 0 aliphatic carbocycles. The van der Waals surface area contributed by atoms with Crippen LogP contribution in [0.2, 0.25) is 0 Å². The molecule has 0 amide bonds. The van der Waals surface area contributed by atoms with Crippen molar-refractivity contribution in [2.75, 3.05) is 26.3 Å². The van der Waals surface area contributed by atoms with Crippen molar-refractivity contribution in [3.8, 4) is 0 Å². The Hall–Kier alpha value is -1.79. The fourth-order valence-corrected chi connectivity index (χ4v) is 3.49. The van der Waals surface area contributed by atoms with Crippen LogP contribution in [-0.4, -0.2) is 32.3 Å². The maximum Gasteiger partial charge on any atom is 0.308 e. The highest BCUT2D eigenvalue weighted by atomic mass is 16.5. The fraction of sp³-hybridized carbons (Fsp3) is 0.864. The summed E-state index contributed by atoms with van der Waals surface area (Å²) in [5.41, 5.74) is -1.06. The van der Waals surface area contributed by atoms with Gasteiger partial charge in [0.2, 0.25) is 0 Å². The van der Waals surface area contributed by atoms with Crippen LogP contribution in [0, 0.1) is 27.1 Å². The van der Waals surface area contributed by atoms with Crippen molar-refractivity contribution in [1.29, 1.82) is 0 Å². The number of esters is 1. The zero-order chi connectivity index (χ0) is 22.1. The number of hydrogen-bond acceptors (Lipinski definition) is 7. The summed E-state index contributed by atoms with van der Waals surface area (Å²) in [5, 5.41) is 5.94. The Morgan fingerprint density at radius 3 is 1.62 bits per heavy atom. The second-order valence-corrected chi connectivity index (χ2v) is 7.99. The summed E-state index contributed by atoms with van der Waals surface area (Å²) in [7, 11) is 0. The quantitative estimate of drug-likeness (QED) is 0.147. The van der Waals surface area contributed by atoms with Gasteiger partial charge in [-0.25, -0.2) is 0 Å². The number of hydrogen-bond donors (Lipinski definition) is 0. The third kappa shape index (κ3) is 10.5. The lowest BCUT2D eigenvalue weighted by Gasteiger charge is -2.30. The number of carbonyl (C=O) groups is 1. The standard InChI is InChI=1S/C22H40N2O5/c1-6-10-19(11-7-2)18(5)28-16-22(14-23-26,15-24-27)17-29-21(25)20(12-8-3)13-9-4/h19-20H,5-17H2,1-4H3. The molecule has 0 rings (SSSR count). The molecule has 0 saturated carbocycles. The van der Waals surface area contributed by atoms with Crippen molar-refractivity contribution in [2.24, 2.45) is 27.6 Å². The van der Waals surface area contributed by atoms with Gasteiger partial charge in [0.05, 0.1) is 30.2 Å². The van der Waals surface area contributed by atoms with Crippen LogP contribution < -0.4 is 0 Å². The number of carbonyl (C=O) groups excluding carboxylic acids is 1. The van der Waals surface area contributed by atoms with Crippen molar-refractivity contribution in [1.82, 2.24) is 0 Å². The van der Waals surface area contributed by atoms with Gasteiger partial charge in [0.1, 0.15) is 13.2 Å². The first kappa shape index (κ1) is 27.2. The molecule has 0 unspecified atom stereocenters. The molecule has 0 aromatic carbocycles. The highest BCUT2D eigenvalue weighted by molar-refractivity contribution is 5.72. The maximum absolute atomic E-state index is 12.5. The minimum Gasteiger partial charge on any atom is -0.497 e. The van der Waals surface area contributed by atoms with E-state index in [0.717, 1.165) is 51.4 Å². The lowest BCUT2D eigenvalue weighted by Crippen LogP contribution is -2.40. The SMILES string of the molecule is C=C(OCC(CN=O)(CN=O)COC(=O)C(CCC)CCC)C(CCC)CCC. The first-order valence-electron chi connectivity index (χ1n) is 11.0. The highest BCUT2D eigenvalue weighted by Crippen LogP contribution is 2.27. The second-order valence-electron chi connectivity index (χ2n) is 7.99. The maximum atomic E-state index is 12.5. The van der Waals surface area contributed by atoms with Gasteiger partial charge in [0.25, 0.3) is 0 Å². The van der Waals surface area contributed by atoms with Crippen LogP contribution in [-0.2, 0) is 14.3 Å². The lowest BCUT2D eigenvalue weighted by molar-refractivity contribution is -0.153. The van der Waals surface area contributed by atoms with Gasteiger partial charge in [-0.15, -0.1) is 0 Å². The molecule has 0 spiro atoms. The molecule has 7 nitrogen and oxygen atoms in total. The smallest absolute Gasteiger partial charge is 0.308 e. The third-order valence-electron chi connectivity index (χ3n) is 5.22. The molecule has 7 heteroatoms. The molecule has 29 heavy (non-hydrogen) atoms. The van der Waals surface area contributed by atoms with Gasteiger partial charge in [-0.1, -0.05) is 70.3 Å². The largest absolute Gasteiger partial charge is 0.497 e. The molecule has 0 saturated heterocycles. The second kappa shape index (κ2) is 16.1. The Labute approximate surface area is 175 Å². The van der Waals surface area contributed by atoms with Gasteiger partial charge in [-0.05, 0) is 25.7 Å². The minimum atomic E-state index is -1.06. The van der Waals surface area contributed by atoms with Crippen molar-refractivity contribution >= 4 is 5.97 Å². The normalized spacial score (nSPS) is 11.5. The number of ether oxygens (including phenoxy) is 2. The first-order valence-corrected chi connectivity index (χ1v) is 11.0. The predicted octanol–water partition coefficient (Wildman–Crippen LogP) is 6.01. The van der Waals surface area contributed by atoms with Gasteiger partial charge in [-0.3, -0.25) is 4.79 Å². The van der Waals surface area contributed by atoms with E-state index >= 15 is 0 Å². The van der Waals surface area contributed by atoms with Crippen LogP contribution in [0.25, 0.3) is 0 Å². The lowest BCUT2D eigenvalue weighted by atomic mass is 9.89. The number of rotatable bonds is 19. The predicted molar refractivity (Wildman–Crippen MR) is 116 cm³/mol. The number of nitrogens with zero attached hydrogens (tertiary/aromatic N) is 2. The molecule has 0 radical (unpaired) electrons. The van der Waals surface area contributed by atoms with Crippen molar-refractivity contribution in [3.63, 3.8) is 0 Å². The average Bonchev–Trinajstić information content (AvgIpc) is 2.70. The molecule has 0 atom stereocenters. The average molecular weight is 413 g/mol. The van der Waals surface area contributed by atoms with Gasteiger partial charge in [0, 0.05) is 5.92 Å². The Morgan fingerprint density at radius 2 is 1.21 bits per heavy atom. The van der Waals surface area contributed by atoms with Gasteiger partial charge in [-0.2, -0.15) is 9.81 Å². The van der Waals surface area contributed by atoms with Gasteiger partial charge >= 0.3 is 5.97 Å². The van der Waals surface area contributed by atoms with E-state index in [-0.39, 0.29) is 44.1 Å². The summed E-state index contributed by atoms with van der Waals surface area (Å²) in [4.78, 5) is 34.6. The van der Waals surface area contributed by atoms with E-state index in [4.69, 9.17) is 9.47 Å². The molecule has 0 heterocycles. The van der Waals surface area contributed by atoms with E-state index in [0.29, 0.717) is 5.76 Å². The summed E-state index contributed by atoms with van der Waals surface area (Å²) in [6.45, 7) is 11.8. The van der Waals surface area contributed by atoms with E-state index < -0.39 is 5.41 Å². The summed E-state index contributed by atoms with van der Waals surface area (Å²) in [6, 6.07) is 0. The summed E-state index contributed by atoms with van der Waals surface area (Å²) >= 11 is 0. The Balaban J connectivity index is 5.16. The van der Waals surface area contributed by atoms with E-state index in [9.17, 15) is 14.6 Å². The molecule has 0 aromatic rings. The third-order valence-corrected chi connectivity index (χ3v) is 5.22. The monoisotopic (exact) mass is 412 g/mol. The van der Waals surface area contributed by atoms with Crippen LogP contribution in [0.3, 0.4) is 0 Å². The van der Waals surface area contributed by atoms with Crippen LogP contribution in [0.1, 0.15) is 79.1 Å². The van der Waals surface area contributed by atoms with E-state index in [1.54, 1.807) is 0 Å². The van der Waals surface area contributed by atoms with Crippen LogP contribution >= 0.6 is 0 Å². The highest BCUT2D eigenvalue weighted by Gasteiger charge is 2.36. The summed E-state index contributed by atoms with van der Waals surface area (Å²) in [5.74, 6) is 0.377. The molecule has 0 fully saturated rings. The zero-order valence-corrected chi connectivity index (χ0v) is 18.8. The Morgan fingerprint density at radius 1 is 0.793 bits per heavy atom. The van der Waals surface area contributed by atoms with Crippen molar-refractivity contribution in [3.05, 3.63) is 22.2 Å². The topological polar surface area (TPSA) is 94.4 Å². The molecule has 0 aromatic heterocycles. The van der Waals surface area contributed by atoms with E-state index in [1.165, 1.54) is 0 Å². The number of nitroso groups, excluding NO2 is 2. The number of allylic oxidation sites excluding steroid dienone is 1. The van der Waals surface area contributed by atoms with Crippen molar-refractivity contribution < 1.29 is 14.3 Å². The minimum absolute atomic E-state index is 0.0206. The molecule has 0 N–H and O–H groups in total. The van der Waals surface area contributed by atoms with Crippen LogP contribution in [0.15, 0.2) is 22.7 Å². The first-order chi connectivity index (χ1) is 13.9. The zero-order valence-electron chi connectivity index (χ0n) is 18.8. The fourth-order valence-electron chi connectivity index (χ4n) is 3.49. The molecule has 0 bridgehead atoms. The van der Waals surface area contributed by atoms with Gasteiger partial charge in [0.15, 0.2) is 0 Å². The van der Waals surface area contributed by atoms with E-state index in [2.05, 4.69) is 30.8 Å². The summed E-state index contributed by atoms with van der Waals surface area (Å²) in [6.07, 6.45) is 7.22.